The summed E-state index contributed by atoms with van der Waals surface area (Å²) < 4.78 is 0. The van der Waals surface area contributed by atoms with Crippen LogP contribution >= 0.6 is 0 Å². The van der Waals surface area contributed by atoms with Crippen LogP contribution in [-0.4, -0.2) is 12.6 Å². The Morgan fingerprint density at radius 2 is 2.06 bits per heavy atom. The Morgan fingerprint density at radius 1 is 1.35 bits per heavy atom. The van der Waals surface area contributed by atoms with Gasteiger partial charge in [0.15, 0.2) is 6.07 Å². The van der Waals surface area contributed by atoms with Gasteiger partial charge in [0.25, 0.3) is 0 Å². The van der Waals surface area contributed by atoms with Gasteiger partial charge in [0, 0.05) is 17.2 Å². The maximum Gasteiger partial charge on any atom is 0.319 e. The first-order valence-electron chi connectivity index (χ1n) is 4.74. The number of nitrogens with zero attached hydrogens (tertiary/aromatic N) is 1. The number of hydrogen-bond donors (Lipinski definition) is 2. The predicted octanol–water partition coefficient (Wildman–Crippen LogP) is 1.32. The molecule has 1 rings (SSSR count). The third-order valence-electron chi connectivity index (χ3n) is 1.76. The average molecular weight is 223 g/mol. The number of rotatable bonds is 2. The van der Waals surface area contributed by atoms with Crippen molar-refractivity contribution in [3.8, 4) is 30.3 Å². The van der Waals surface area contributed by atoms with Crippen molar-refractivity contribution in [1.82, 2.24) is 5.32 Å². The largest absolute Gasteiger partial charge is 0.327 e. The summed E-state index contributed by atoms with van der Waals surface area (Å²) in [5.74, 6) is 7.23. The minimum Gasteiger partial charge on any atom is -0.327 e. The summed E-state index contributed by atoms with van der Waals surface area (Å²) in [5.41, 5.74) is 1.34. The highest BCUT2D eigenvalue weighted by Crippen LogP contribution is 2.08. The molecule has 2 N–H and O–H groups in total. The summed E-state index contributed by atoms with van der Waals surface area (Å²) in [6.07, 6.45) is 5.00. The number of carbonyl (C=O) groups excluding carboxylic acids is 1. The van der Waals surface area contributed by atoms with Crippen molar-refractivity contribution in [2.24, 2.45) is 0 Å². The highest BCUT2D eigenvalue weighted by Gasteiger charge is 1.99. The Hall–Kier alpha value is -2.90. The number of hydrogen-bond acceptors (Lipinski definition) is 2. The molecule has 0 aromatic heterocycles. The van der Waals surface area contributed by atoms with Crippen LogP contribution < -0.4 is 10.6 Å². The van der Waals surface area contributed by atoms with E-state index in [9.17, 15) is 4.79 Å². The van der Waals surface area contributed by atoms with E-state index in [1.807, 2.05) is 0 Å². The molecule has 0 spiro atoms. The maximum atomic E-state index is 11.2. The first-order valence-corrected chi connectivity index (χ1v) is 4.74. The van der Waals surface area contributed by atoms with Gasteiger partial charge in [-0.05, 0) is 24.3 Å². The normalized spacial score (nSPS) is 7.88. The number of carbonyl (C=O) groups is 1. The van der Waals surface area contributed by atoms with Crippen LogP contribution in [0.25, 0.3) is 0 Å². The van der Waals surface area contributed by atoms with Crippen LogP contribution in [0.2, 0.25) is 0 Å². The lowest BCUT2D eigenvalue weighted by atomic mass is 10.2. The van der Waals surface area contributed by atoms with Crippen LogP contribution in [0.5, 0.6) is 0 Å². The molecule has 0 saturated carbocycles. The summed E-state index contributed by atoms with van der Waals surface area (Å²) in [7, 11) is 0. The minimum atomic E-state index is -0.362. The molecule has 0 unspecified atom stereocenters. The van der Waals surface area contributed by atoms with Gasteiger partial charge in [-0.25, -0.2) is 4.79 Å². The van der Waals surface area contributed by atoms with Crippen LogP contribution in [0.4, 0.5) is 10.5 Å². The molecule has 0 aliphatic heterocycles. The van der Waals surface area contributed by atoms with Gasteiger partial charge in [0.1, 0.15) is 0 Å². The van der Waals surface area contributed by atoms with E-state index in [1.54, 1.807) is 30.3 Å². The van der Waals surface area contributed by atoms with Crippen molar-refractivity contribution in [3.63, 3.8) is 0 Å². The lowest BCUT2D eigenvalue weighted by molar-refractivity contribution is 0.253. The van der Waals surface area contributed by atoms with Gasteiger partial charge in [0.05, 0.1) is 6.54 Å². The molecule has 4 nitrogen and oxygen atoms in total. The second kappa shape index (κ2) is 6.56. The molecule has 1 aromatic rings. The third-order valence-corrected chi connectivity index (χ3v) is 1.76. The van der Waals surface area contributed by atoms with E-state index >= 15 is 0 Å². The van der Waals surface area contributed by atoms with Crippen LogP contribution in [0, 0.1) is 35.5 Å². The fraction of sp³-hybridized carbons (Fsp3) is 0.0769. The Balaban J connectivity index is 2.60. The monoisotopic (exact) mass is 223 g/mol. The minimum absolute atomic E-state index is 0.178. The van der Waals surface area contributed by atoms with Crippen molar-refractivity contribution in [3.05, 3.63) is 29.8 Å². The summed E-state index contributed by atoms with van der Waals surface area (Å²) in [6.45, 7) is 0.178. The van der Waals surface area contributed by atoms with Gasteiger partial charge >= 0.3 is 6.03 Å². The molecule has 1 aromatic carbocycles. The molecule has 4 heteroatoms. The fourth-order valence-electron chi connectivity index (χ4n) is 1.04. The standard InChI is InChI=1S/C13H9N3O/c1-2-10-15-13(17)16-12-7-5-11(6-8-12)4-3-9-14/h1,5-8H,10H2,(H2,15,16,17). The molecular weight excluding hydrogens is 214 g/mol. The van der Waals surface area contributed by atoms with E-state index in [1.165, 1.54) is 0 Å². The van der Waals surface area contributed by atoms with Crippen LogP contribution in [0.15, 0.2) is 24.3 Å². The molecule has 0 bridgehead atoms. The summed E-state index contributed by atoms with van der Waals surface area (Å²) in [5, 5.41) is 13.4. The number of amides is 2. The highest BCUT2D eigenvalue weighted by atomic mass is 16.2. The maximum absolute atomic E-state index is 11.2. The molecule has 17 heavy (non-hydrogen) atoms. The SMILES string of the molecule is C#CCNC(=O)Nc1ccc(C#CC#N)cc1. The summed E-state index contributed by atoms with van der Waals surface area (Å²) in [6, 6.07) is 8.17. The highest BCUT2D eigenvalue weighted by molar-refractivity contribution is 5.89. The van der Waals surface area contributed by atoms with E-state index in [0.717, 1.165) is 0 Å². The van der Waals surface area contributed by atoms with Gasteiger partial charge in [-0.1, -0.05) is 11.8 Å². The lowest BCUT2D eigenvalue weighted by Gasteiger charge is -2.04. The predicted molar refractivity (Wildman–Crippen MR) is 64.8 cm³/mol. The summed E-state index contributed by atoms with van der Waals surface area (Å²) >= 11 is 0. The molecule has 0 saturated heterocycles. The third kappa shape index (κ3) is 4.42. The number of anilines is 1. The zero-order valence-electron chi connectivity index (χ0n) is 8.95. The van der Waals surface area contributed by atoms with Gasteiger partial charge < -0.3 is 10.6 Å². The number of terminal acetylenes is 1. The van der Waals surface area contributed by atoms with Crippen LogP contribution in [-0.2, 0) is 0 Å². The average Bonchev–Trinajstić information content (AvgIpc) is 2.35. The van der Waals surface area contributed by atoms with E-state index in [4.69, 9.17) is 11.7 Å². The topological polar surface area (TPSA) is 64.9 Å². The zero-order chi connectivity index (χ0) is 12.5. The van der Waals surface area contributed by atoms with Crippen molar-refractivity contribution in [2.45, 2.75) is 0 Å². The molecule has 82 valence electrons. The molecule has 0 atom stereocenters. The molecule has 0 heterocycles. The van der Waals surface area contributed by atoms with E-state index in [2.05, 4.69) is 28.4 Å². The molecule has 0 aliphatic rings. The molecule has 0 fully saturated rings. The van der Waals surface area contributed by atoms with Crippen LogP contribution in [0.1, 0.15) is 5.56 Å². The summed E-state index contributed by atoms with van der Waals surface area (Å²) in [4.78, 5) is 11.2. The van der Waals surface area contributed by atoms with E-state index < -0.39 is 0 Å². The van der Waals surface area contributed by atoms with Gasteiger partial charge in [-0.2, -0.15) is 5.26 Å². The Kier molecular flexibility index (Phi) is 4.70. The van der Waals surface area contributed by atoms with Gasteiger partial charge in [-0.15, -0.1) is 6.42 Å². The fourth-order valence-corrected chi connectivity index (χ4v) is 1.04. The molecule has 0 radical (unpaired) electrons. The molecular formula is C13H9N3O. The second-order valence-electron chi connectivity index (χ2n) is 2.95. The molecule has 2 amide bonds. The quantitative estimate of drug-likeness (QED) is 0.742. The Bertz CT molecular complexity index is 535. The van der Waals surface area contributed by atoms with Gasteiger partial charge in [0.2, 0.25) is 0 Å². The van der Waals surface area contributed by atoms with Crippen LogP contribution in [0.3, 0.4) is 0 Å². The van der Waals surface area contributed by atoms with Crippen molar-refractivity contribution in [1.29, 1.82) is 5.26 Å². The number of nitriles is 1. The zero-order valence-corrected chi connectivity index (χ0v) is 8.95. The molecule has 0 aliphatic carbocycles. The number of benzene rings is 1. The number of nitrogens with one attached hydrogen (secondary N) is 2. The first kappa shape index (κ1) is 12.2. The van der Waals surface area contributed by atoms with Gasteiger partial charge in [-0.3, -0.25) is 0 Å². The Morgan fingerprint density at radius 3 is 2.65 bits per heavy atom. The van der Waals surface area contributed by atoms with Crippen molar-refractivity contribution < 1.29 is 4.79 Å². The van der Waals surface area contributed by atoms with Crippen molar-refractivity contribution >= 4 is 11.7 Å². The number of urea groups is 1. The lowest BCUT2D eigenvalue weighted by Crippen LogP contribution is -2.28. The second-order valence-corrected chi connectivity index (χ2v) is 2.95. The van der Waals surface area contributed by atoms with E-state index in [-0.39, 0.29) is 12.6 Å². The van der Waals surface area contributed by atoms with E-state index in [0.29, 0.717) is 11.3 Å². The Labute approximate surface area is 99.6 Å². The first-order chi connectivity index (χ1) is 8.26. The smallest absolute Gasteiger partial charge is 0.319 e. The van der Waals surface area contributed by atoms with Crippen molar-refractivity contribution in [2.75, 3.05) is 11.9 Å².